The molecule has 0 saturated heterocycles. The van der Waals surface area contributed by atoms with Crippen molar-refractivity contribution >= 4 is 17.6 Å². The summed E-state index contributed by atoms with van der Waals surface area (Å²) in [5.41, 5.74) is -0.109. The third-order valence-corrected chi connectivity index (χ3v) is 3.57. The van der Waals surface area contributed by atoms with Crippen molar-refractivity contribution in [2.24, 2.45) is 0 Å². The Kier molecular flexibility index (Phi) is 5.09. The lowest BCUT2D eigenvalue weighted by Crippen LogP contribution is -2.31. The Balaban J connectivity index is 1.85. The molecule has 1 aromatic carbocycles. The minimum absolute atomic E-state index is 0.123. The summed E-state index contributed by atoms with van der Waals surface area (Å²) in [5, 5.41) is 8.62. The van der Waals surface area contributed by atoms with E-state index in [1.54, 1.807) is 45.0 Å². The Morgan fingerprint density at radius 2 is 1.89 bits per heavy atom. The van der Waals surface area contributed by atoms with Gasteiger partial charge >= 0.3 is 5.97 Å². The molecule has 3 rings (SSSR count). The molecule has 0 spiro atoms. The summed E-state index contributed by atoms with van der Waals surface area (Å²) in [7, 11) is 0. The minimum Gasteiger partial charge on any atom is -0.459 e. The first-order chi connectivity index (χ1) is 12.7. The second kappa shape index (κ2) is 7.32. The van der Waals surface area contributed by atoms with E-state index in [1.807, 2.05) is 0 Å². The van der Waals surface area contributed by atoms with Gasteiger partial charge in [-0.25, -0.2) is 4.68 Å². The highest BCUT2D eigenvalue weighted by Gasteiger charge is 2.18. The van der Waals surface area contributed by atoms with Gasteiger partial charge in [0.1, 0.15) is 17.8 Å². The van der Waals surface area contributed by atoms with Gasteiger partial charge in [0, 0.05) is 16.7 Å². The van der Waals surface area contributed by atoms with Gasteiger partial charge in [-0.2, -0.15) is 10.1 Å². The lowest BCUT2D eigenvalue weighted by Gasteiger charge is -2.19. The van der Waals surface area contributed by atoms with Crippen molar-refractivity contribution in [3.8, 4) is 23.0 Å². The molecule has 0 fully saturated rings. The molecule has 9 heteroatoms. The highest BCUT2D eigenvalue weighted by molar-refractivity contribution is 6.30. The first-order valence-corrected chi connectivity index (χ1v) is 8.49. The summed E-state index contributed by atoms with van der Waals surface area (Å²) in [6.45, 7) is 4.92. The SMILES string of the molecule is CC(C)(C)OC(=O)Cn1nc(-c2nc(-c3ccc(Cl)cc3)no2)ccc1=O. The third kappa shape index (κ3) is 4.79. The molecule has 0 aliphatic rings. The molecular weight excluding hydrogens is 372 g/mol. The molecule has 27 heavy (non-hydrogen) atoms. The van der Waals surface area contributed by atoms with Crippen LogP contribution < -0.4 is 5.56 Å². The fourth-order valence-electron chi connectivity index (χ4n) is 2.22. The largest absolute Gasteiger partial charge is 0.459 e. The van der Waals surface area contributed by atoms with Gasteiger partial charge in [0.2, 0.25) is 5.82 Å². The van der Waals surface area contributed by atoms with Crippen LogP contribution in [-0.4, -0.2) is 31.5 Å². The molecular formula is C18H17ClN4O4. The molecule has 2 heterocycles. The van der Waals surface area contributed by atoms with E-state index in [2.05, 4.69) is 15.2 Å². The zero-order chi connectivity index (χ0) is 19.6. The van der Waals surface area contributed by atoms with Crippen molar-refractivity contribution in [1.82, 2.24) is 19.9 Å². The van der Waals surface area contributed by atoms with Crippen LogP contribution in [-0.2, 0) is 16.1 Å². The Bertz CT molecular complexity index is 1020. The number of hydrogen-bond acceptors (Lipinski definition) is 7. The normalized spacial score (nSPS) is 11.4. The van der Waals surface area contributed by atoms with Gasteiger partial charge < -0.3 is 9.26 Å². The summed E-state index contributed by atoms with van der Waals surface area (Å²) < 4.78 is 11.4. The number of carbonyl (C=O) groups excluding carboxylic acids is 1. The van der Waals surface area contributed by atoms with E-state index in [0.717, 1.165) is 10.2 Å². The van der Waals surface area contributed by atoms with Gasteiger partial charge in [-0.15, -0.1) is 0 Å². The van der Waals surface area contributed by atoms with E-state index in [-0.39, 0.29) is 18.1 Å². The van der Waals surface area contributed by atoms with Crippen molar-refractivity contribution in [2.75, 3.05) is 0 Å². The van der Waals surface area contributed by atoms with E-state index >= 15 is 0 Å². The topological polar surface area (TPSA) is 100 Å². The van der Waals surface area contributed by atoms with Crippen LogP contribution in [0.5, 0.6) is 0 Å². The number of aromatic nitrogens is 4. The quantitative estimate of drug-likeness (QED) is 0.633. The highest BCUT2D eigenvalue weighted by Crippen LogP contribution is 2.21. The van der Waals surface area contributed by atoms with Crippen LogP contribution in [0.4, 0.5) is 0 Å². The average molecular weight is 389 g/mol. The summed E-state index contributed by atoms with van der Waals surface area (Å²) in [5.74, 6) is -0.0899. The van der Waals surface area contributed by atoms with Crippen LogP contribution in [0.2, 0.25) is 5.02 Å². The van der Waals surface area contributed by atoms with Gasteiger partial charge in [0.15, 0.2) is 0 Å². The first-order valence-electron chi connectivity index (χ1n) is 8.11. The molecule has 140 valence electrons. The Morgan fingerprint density at radius 3 is 2.56 bits per heavy atom. The number of nitrogens with zero attached hydrogens (tertiary/aromatic N) is 4. The Hall–Kier alpha value is -3.00. The van der Waals surface area contributed by atoms with Crippen LogP contribution in [0.25, 0.3) is 23.0 Å². The van der Waals surface area contributed by atoms with Crippen LogP contribution in [0.3, 0.4) is 0 Å². The number of carbonyl (C=O) groups is 1. The molecule has 2 aromatic heterocycles. The number of halogens is 1. The van der Waals surface area contributed by atoms with E-state index in [0.29, 0.717) is 10.8 Å². The van der Waals surface area contributed by atoms with Gasteiger partial charge in [-0.3, -0.25) is 9.59 Å². The molecule has 0 unspecified atom stereocenters. The lowest BCUT2D eigenvalue weighted by atomic mass is 10.2. The van der Waals surface area contributed by atoms with Crippen LogP contribution >= 0.6 is 11.6 Å². The second-order valence-corrected chi connectivity index (χ2v) is 7.17. The molecule has 0 radical (unpaired) electrons. The smallest absolute Gasteiger partial charge is 0.328 e. The number of rotatable bonds is 4. The molecule has 0 bridgehead atoms. The number of ether oxygens (including phenoxy) is 1. The summed E-state index contributed by atoms with van der Waals surface area (Å²) in [6, 6.07) is 9.67. The minimum atomic E-state index is -0.654. The summed E-state index contributed by atoms with van der Waals surface area (Å²) in [4.78, 5) is 28.2. The molecule has 3 aromatic rings. The van der Waals surface area contributed by atoms with Crippen LogP contribution in [0.15, 0.2) is 45.7 Å². The van der Waals surface area contributed by atoms with Crippen molar-refractivity contribution in [2.45, 2.75) is 32.9 Å². The molecule has 0 aliphatic carbocycles. The summed E-state index contributed by atoms with van der Waals surface area (Å²) in [6.07, 6.45) is 0. The van der Waals surface area contributed by atoms with Gasteiger partial charge in [0.25, 0.3) is 11.4 Å². The highest BCUT2D eigenvalue weighted by atomic mass is 35.5. The number of benzene rings is 1. The van der Waals surface area contributed by atoms with Crippen molar-refractivity contribution in [1.29, 1.82) is 0 Å². The van der Waals surface area contributed by atoms with E-state index in [9.17, 15) is 9.59 Å². The summed E-state index contributed by atoms with van der Waals surface area (Å²) >= 11 is 5.87. The molecule has 0 amide bonds. The lowest BCUT2D eigenvalue weighted by molar-refractivity contribution is -0.155. The Morgan fingerprint density at radius 1 is 1.19 bits per heavy atom. The number of hydrogen-bond donors (Lipinski definition) is 0. The zero-order valence-corrected chi connectivity index (χ0v) is 15.7. The molecule has 0 aliphatic heterocycles. The Labute approximate surface area is 159 Å². The molecule has 0 atom stereocenters. The maximum atomic E-state index is 12.0. The fraction of sp³-hybridized carbons (Fsp3) is 0.278. The first kappa shape index (κ1) is 18.8. The maximum absolute atomic E-state index is 12.0. The molecule has 0 N–H and O–H groups in total. The third-order valence-electron chi connectivity index (χ3n) is 3.31. The van der Waals surface area contributed by atoms with Crippen LogP contribution in [0.1, 0.15) is 20.8 Å². The zero-order valence-electron chi connectivity index (χ0n) is 15.0. The van der Waals surface area contributed by atoms with E-state index in [4.69, 9.17) is 20.9 Å². The second-order valence-electron chi connectivity index (χ2n) is 6.73. The van der Waals surface area contributed by atoms with Crippen molar-refractivity contribution < 1.29 is 14.1 Å². The van der Waals surface area contributed by atoms with E-state index in [1.165, 1.54) is 12.1 Å². The van der Waals surface area contributed by atoms with E-state index < -0.39 is 17.1 Å². The monoisotopic (exact) mass is 388 g/mol. The predicted octanol–water partition coefficient (Wildman–Crippen LogP) is 2.96. The maximum Gasteiger partial charge on any atom is 0.328 e. The number of esters is 1. The van der Waals surface area contributed by atoms with Crippen molar-refractivity contribution in [3.63, 3.8) is 0 Å². The van der Waals surface area contributed by atoms with Gasteiger partial charge in [0.05, 0.1) is 0 Å². The van der Waals surface area contributed by atoms with Gasteiger partial charge in [-0.05, 0) is 51.1 Å². The average Bonchev–Trinajstić information content (AvgIpc) is 3.06. The predicted molar refractivity (Wildman–Crippen MR) is 98.1 cm³/mol. The van der Waals surface area contributed by atoms with Gasteiger partial charge in [-0.1, -0.05) is 16.8 Å². The van der Waals surface area contributed by atoms with Crippen LogP contribution in [0, 0.1) is 0 Å². The van der Waals surface area contributed by atoms with Crippen molar-refractivity contribution in [3.05, 3.63) is 51.8 Å². The molecule has 0 saturated carbocycles. The fourth-order valence-corrected chi connectivity index (χ4v) is 2.34. The standard InChI is InChI=1S/C18H17ClN4O4/c1-18(2,3)26-15(25)10-23-14(24)9-8-13(21-23)17-20-16(22-27-17)11-4-6-12(19)7-5-11/h4-9H,10H2,1-3H3. The molecule has 8 nitrogen and oxygen atoms in total.